The highest BCUT2D eigenvalue weighted by molar-refractivity contribution is 7.66. The Bertz CT molecular complexity index is 1750. The topological polar surface area (TPSA) is 301 Å². The molecule has 2 aromatic heterocycles. The number of aliphatic hydroxyl groups is 1. The first-order valence-corrected chi connectivity index (χ1v) is 16.7. The van der Waals surface area contributed by atoms with Crippen LogP contribution in [-0.4, -0.2) is 69.5 Å². The zero-order valence-corrected chi connectivity index (χ0v) is 24.8. The van der Waals surface area contributed by atoms with Crippen LogP contribution in [0.15, 0.2) is 36.8 Å². The number of benzene rings is 1. The van der Waals surface area contributed by atoms with Crippen molar-refractivity contribution in [2.45, 2.75) is 31.4 Å². The number of fused-ring (bicyclic) bond motifs is 1. The van der Waals surface area contributed by atoms with Crippen LogP contribution in [0.1, 0.15) is 23.8 Å². The van der Waals surface area contributed by atoms with E-state index in [2.05, 4.69) is 40.3 Å². The van der Waals surface area contributed by atoms with Crippen molar-refractivity contribution in [3.05, 3.63) is 58.0 Å². The highest BCUT2D eigenvalue weighted by atomic mass is 31.3. The Hall–Kier alpha value is -3.11. The van der Waals surface area contributed by atoms with Crippen molar-refractivity contribution in [3.63, 3.8) is 0 Å². The Morgan fingerprint density at radius 2 is 1.91 bits per heavy atom. The number of phosphoric ester groups is 1. The molecule has 1 aromatic carbocycles. The lowest BCUT2D eigenvalue weighted by Crippen LogP contribution is -2.26. The van der Waals surface area contributed by atoms with E-state index in [1.165, 1.54) is 23.2 Å². The molecular formula is C21H25N6O14P3. The van der Waals surface area contributed by atoms with Crippen LogP contribution >= 0.6 is 23.5 Å². The number of nitro benzene ring substituents is 1. The minimum Gasteiger partial charge on any atom is -0.390 e. The van der Waals surface area contributed by atoms with E-state index >= 15 is 0 Å². The quantitative estimate of drug-likeness (QED) is 0.0613. The summed E-state index contributed by atoms with van der Waals surface area (Å²) in [5.41, 5.74) is 7.15. The highest BCUT2D eigenvalue weighted by Crippen LogP contribution is 2.66. The Balaban J connectivity index is 1.44. The lowest BCUT2D eigenvalue weighted by atomic mass is 10.1. The summed E-state index contributed by atoms with van der Waals surface area (Å²) in [6, 6.07) is 6.15. The van der Waals surface area contributed by atoms with Crippen molar-refractivity contribution < 1.29 is 61.2 Å². The van der Waals surface area contributed by atoms with Crippen LogP contribution in [0.4, 0.5) is 11.4 Å². The SMILES string of the molecule is NCC#Cc1ccc(CNc2ccnc3c2ncn3[C@H]2CC(O)[C@@H](COP(=O)(O)OP(=O)(O)OP(=O)(O)O)O2)c([N+](=O)[O-])c1. The molecule has 3 aromatic rings. The second kappa shape index (κ2) is 13.5. The normalized spacial score (nSPS) is 21.3. The van der Waals surface area contributed by atoms with Crippen LogP contribution in [0.5, 0.6) is 0 Å². The molecule has 23 heteroatoms. The predicted octanol–water partition coefficient (Wildman–Crippen LogP) is 1.25. The molecule has 0 spiro atoms. The zero-order valence-electron chi connectivity index (χ0n) is 22.1. The second-order valence-corrected chi connectivity index (χ2v) is 13.4. The predicted molar refractivity (Wildman–Crippen MR) is 148 cm³/mol. The van der Waals surface area contributed by atoms with Gasteiger partial charge in [0.15, 0.2) is 5.65 Å². The number of phosphoric acid groups is 3. The van der Waals surface area contributed by atoms with Gasteiger partial charge in [-0.15, -0.1) is 0 Å². The molecule has 0 bridgehead atoms. The lowest BCUT2D eigenvalue weighted by molar-refractivity contribution is -0.385. The smallest absolute Gasteiger partial charge is 0.390 e. The van der Waals surface area contributed by atoms with E-state index in [0.29, 0.717) is 28.0 Å². The summed E-state index contributed by atoms with van der Waals surface area (Å²) in [6.45, 7) is -0.687. The number of nitrogens with two attached hydrogens (primary N) is 1. The first kappa shape index (κ1) is 33.8. The van der Waals surface area contributed by atoms with E-state index in [9.17, 15) is 38.7 Å². The van der Waals surface area contributed by atoms with Gasteiger partial charge in [0.25, 0.3) is 5.69 Å². The number of hydrogen-bond donors (Lipinski definition) is 7. The van der Waals surface area contributed by atoms with E-state index in [4.69, 9.17) is 20.3 Å². The van der Waals surface area contributed by atoms with Gasteiger partial charge in [-0.05, 0) is 18.2 Å². The fourth-order valence-corrected chi connectivity index (χ4v) is 7.13. The largest absolute Gasteiger partial charge is 0.490 e. The van der Waals surface area contributed by atoms with E-state index in [1.807, 2.05) is 0 Å². The summed E-state index contributed by atoms with van der Waals surface area (Å²) in [5, 5.41) is 25.2. The molecule has 3 heterocycles. The number of anilines is 1. The average Bonchev–Trinajstić information content (AvgIpc) is 3.51. The van der Waals surface area contributed by atoms with Crippen LogP contribution in [0.3, 0.4) is 0 Å². The number of ether oxygens (including phenoxy) is 1. The third kappa shape index (κ3) is 8.75. The second-order valence-electron chi connectivity index (χ2n) is 8.96. The summed E-state index contributed by atoms with van der Waals surface area (Å²) in [7, 11) is -16.7. The molecule has 20 nitrogen and oxygen atoms in total. The Kier molecular flexibility index (Phi) is 10.4. The Morgan fingerprint density at radius 3 is 2.59 bits per heavy atom. The van der Waals surface area contributed by atoms with E-state index < -0.39 is 53.4 Å². The van der Waals surface area contributed by atoms with Gasteiger partial charge in [-0.25, -0.2) is 23.7 Å². The van der Waals surface area contributed by atoms with Gasteiger partial charge in [0, 0.05) is 36.4 Å². The van der Waals surface area contributed by atoms with Gasteiger partial charge < -0.3 is 40.5 Å². The van der Waals surface area contributed by atoms with Gasteiger partial charge in [0.05, 0.1) is 36.2 Å². The van der Waals surface area contributed by atoms with Gasteiger partial charge in [0.2, 0.25) is 0 Å². The molecule has 8 N–H and O–H groups in total. The Morgan fingerprint density at radius 1 is 1.16 bits per heavy atom. The van der Waals surface area contributed by atoms with Crippen LogP contribution in [0.2, 0.25) is 0 Å². The van der Waals surface area contributed by atoms with E-state index in [1.54, 1.807) is 18.2 Å². The number of rotatable bonds is 12. The number of imidazole rings is 1. The van der Waals surface area contributed by atoms with Crippen LogP contribution in [-0.2, 0) is 38.1 Å². The molecule has 238 valence electrons. The molecular weight excluding hydrogens is 653 g/mol. The third-order valence-electron chi connectivity index (χ3n) is 5.88. The molecule has 44 heavy (non-hydrogen) atoms. The molecule has 1 aliphatic rings. The summed E-state index contributed by atoms with van der Waals surface area (Å²) in [6.07, 6.45) is -0.707. The molecule has 1 fully saturated rings. The maximum Gasteiger partial charge on any atom is 0.490 e. The van der Waals surface area contributed by atoms with Gasteiger partial charge in [-0.3, -0.25) is 19.2 Å². The standard InChI is InChI=1S/C21H25N6O14P3/c22-6-1-2-13-3-4-14(16(8-13)27(29)30)10-24-15-5-7-23-21-20(15)25-12-26(21)19-9-17(28)18(39-19)11-38-43(34,35)41-44(36,37)40-42(31,32)33/h3-5,7-8,12,17-19,28H,6,9-11,22H2,(H,23,24)(H,34,35)(H,36,37)(H2,31,32,33)/t17?,18-,19-/m1/s1. The van der Waals surface area contributed by atoms with Crippen molar-refractivity contribution in [2.24, 2.45) is 5.73 Å². The average molecular weight is 678 g/mol. The number of nitrogens with zero attached hydrogens (tertiary/aromatic N) is 4. The molecule has 4 rings (SSSR count). The maximum atomic E-state index is 12.0. The molecule has 0 radical (unpaired) electrons. The molecule has 0 saturated carbocycles. The maximum absolute atomic E-state index is 12.0. The summed E-state index contributed by atoms with van der Waals surface area (Å²) in [5.74, 6) is 5.39. The van der Waals surface area contributed by atoms with Crippen LogP contribution in [0, 0.1) is 22.0 Å². The fourth-order valence-electron chi connectivity index (χ4n) is 4.10. The van der Waals surface area contributed by atoms with Crippen molar-refractivity contribution in [1.82, 2.24) is 14.5 Å². The van der Waals surface area contributed by atoms with E-state index in [0.717, 1.165) is 0 Å². The molecule has 3 unspecified atom stereocenters. The minimum absolute atomic E-state index is 0.0498. The van der Waals surface area contributed by atoms with Crippen molar-refractivity contribution >= 4 is 46.0 Å². The number of pyridine rings is 1. The molecule has 1 aliphatic heterocycles. The monoisotopic (exact) mass is 678 g/mol. The molecule has 0 aliphatic carbocycles. The number of aromatic nitrogens is 3. The van der Waals surface area contributed by atoms with Crippen molar-refractivity contribution in [2.75, 3.05) is 18.5 Å². The third-order valence-corrected chi connectivity index (χ3v) is 9.68. The van der Waals surface area contributed by atoms with Gasteiger partial charge >= 0.3 is 23.5 Å². The van der Waals surface area contributed by atoms with Gasteiger partial charge in [-0.2, -0.15) is 8.62 Å². The van der Waals surface area contributed by atoms with Crippen LogP contribution in [0.25, 0.3) is 11.2 Å². The number of hydrogen-bond acceptors (Lipinski definition) is 14. The summed E-state index contributed by atoms with van der Waals surface area (Å²) >= 11 is 0. The van der Waals surface area contributed by atoms with Crippen molar-refractivity contribution in [3.8, 4) is 11.8 Å². The fraction of sp³-hybridized carbons (Fsp3) is 0.333. The summed E-state index contributed by atoms with van der Waals surface area (Å²) in [4.78, 5) is 55.9. The molecule has 5 atom stereocenters. The van der Waals surface area contributed by atoms with Gasteiger partial charge in [-0.1, -0.05) is 11.8 Å². The number of aliphatic hydroxyl groups excluding tert-OH is 1. The minimum atomic E-state index is -5.71. The van der Waals surface area contributed by atoms with Crippen LogP contribution < -0.4 is 11.1 Å². The first-order chi connectivity index (χ1) is 20.6. The van der Waals surface area contributed by atoms with Gasteiger partial charge in [0.1, 0.15) is 17.8 Å². The summed E-state index contributed by atoms with van der Waals surface area (Å²) < 4.78 is 53.3. The molecule has 1 saturated heterocycles. The lowest BCUT2D eigenvalue weighted by Gasteiger charge is -2.19. The molecule has 0 amide bonds. The number of nitrogens with one attached hydrogen (secondary N) is 1. The first-order valence-electron chi connectivity index (χ1n) is 12.2. The van der Waals surface area contributed by atoms with E-state index in [-0.39, 0.29) is 25.2 Å². The Labute approximate surface area is 247 Å². The highest BCUT2D eigenvalue weighted by Gasteiger charge is 2.43. The number of nitro groups is 1. The zero-order chi connectivity index (χ0) is 32.3. The van der Waals surface area contributed by atoms with Crippen molar-refractivity contribution in [1.29, 1.82) is 0 Å².